The van der Waals surface area contributed by atoms with E-state index in [1.807, 2.05) is 0 Å². The maximum Gasteiger partial charge on any atom is 0.242 e. The lowest BCUT2D eigenvalue weighted by molar-refractivity contribution is -0.131. The molecule has 0 rings (SSSR count). The van der Waals surface area contributed by atoms with E-state index in [-0.39, 0.29) is 0 Å². The fourth-order valence-electron chi connectivity index (χ4n) is 1.19. The van der Waals surface area contributed by atoms with Crippen LogP contribution in [0.4, 0.5) is 0 Å². The number of hydrogen-bond acceptors (Lipinski definition) is 5. The second-order valence-electron chi connectivity index (χ2n) is 4.37. The summed E-state index contributed by atoms with van der Waals surface area (Å²) in [5.41, 5.74) is 5.35. The van der Waals surface area contributed by atoms with Crippen molar-refractivity contribution in [2.45, 2.75) is 51.9 Å². The second kappa shape index (κ2) is 7.07. The summed E-state index contributed by atoms with van der Waals surface area (Å²) in [7, 11) is 0. The fourth-order valence-corrected chi connectivity index (χ4v) is 1.19. The molecule has 0 aromatic heterocycles. The molecule has 18 heavy (non-hydrogen) atoms. The lowest BCUT2D eigenvalue weighted by atomic mass is 10.1. The zero-order chi connectivity index (χ0) is 14.5. The molecular formula is C11H21N3O4. The number of carbonyl (C=O) groups is 3. The SMILES string of the molecule is CC(=O)C(O)C(C)NC(=O)C(C)NC(=O)C(C)N. The third-order valence-corrected chi connectivity index (χ3v) is 2.43. The molecule has 7 heteroatoms. The molecule has 0 aliphatic heterocycles. The summed E-state index contributed by atoms with van der Waals surface area (Å²) in [6.45, 7) is 5.73. The molecule has 0 heterocycles. The van der Waals surface area contributed by atoms with Crippen LogP contribution in [-0.4, -0.2) is 46.9 Å². The van der Waals surface area contributed by atoms with Gasteiger partial charge in [0.05, 0.1) is 12.1 Å². The Balaban J connectivity index is 4.32. The molecule has 0 fully saturated rings. The zero-order valence-corrected chi connectivity index (χ0v) is 11.1. The monoisotopic (exact) mass is 259 g/mol. The van der Waals surface area contributed by atoms with Crippen molar-refractivity contribution in [3.63, 3.8) is 0 Å². The van der Waals surface area contributed by atoms with Crippen LogP contribution in [0, 0.1) is 0 Å². The van der Waals surface area contributed by atoms with Crippen LogP contribution in [0.15, 0.2) is 0 Å². The van der Waals surface area contributed by atoms with Crippen LogP contribution in [0.3, 0.4) is 0 Å². The number of aliphatic hydroxyl groups excluding tert-OH is 1. The van der Waals surface area contributed by atoms with Crippen molar-refractivity contribution in [3.05, 3.63) is 0 Å². The number of rotatable bonds is 6. The average molecular weight is 259 g/mol. The van der Waals surface area contributed by atoms with Crippen LogP contribution < -0.4 is 16.4 Å². The van der Waals surface area contributed by atoms with E-state index in [0.717, 1.165) is 0 Å². The Labute approximate surface area is 106 Å². The topological polar surface area (TPSA) is 122 Å². The maximum atomic E-state index is 11.6. The summed E-state index contributed by atoms with van der Waals surface area (Å²) in [5, 5.41) is 14.3. The Hall–Kier alpha value is -1.47. The Bertz CT molecular complexity index is 330. The highest BCUT2D eigenvalue weighted by Crippen LogP contribution is 1.95. The van der Waals surface area contributed by atoms with Crippen molar-refractivity contribution in [1.29, 1.82) is 0 Å². The Morgan fingerprint density at radius 1 is 1.06 bits per heavy atom. The van der Waals surface area contributed by atoms with E-state index in [2.05, 4.69) is 10.6 Å². The van der Waals surface area contributed by atoms with Crippen molar-refractivity contribution in [2.24, 2.45) is 5.73 Å². The third kappa shape index (κ3) is 5.24. The molecule has 0 spiro atoms. The van der Waals surface area contributed by atoms with Gasteiger partial charge < -0.3 is 21.5 Å². The van der Waals surface area contributed by atoms with E-state index < -0.39 is 41.8 Å². The van der Waals surface area contributed by atoms with Gasteiger partial charge in [-0.3, -0.25) is 14.4 Å². The van der Waals surface area contributed by atoms with Crippen LogP contribution in [-0.2, 0) is 14.4 Å². The minimum absolute atomic E-state index is 0.435. The molecule has 0 aromatic carbocycles. The summed E-state index contributed by atoms with van der Waals surface area (Å²) < 4.78 is 0. The Morgan fingerprint density at radius 3 is 1.94 bits per heavy atom. The quantitative estimate of drug-likeness (QED) is 0.452. The van der Waals surface area contributed by atoms with Gasteiger partial charge in [-0.2, -0.15) is 0 Å². The van der Waals surface area contributed by atoms with Gasteiger partial charge in [-0.05, 0) is 27.7 Å². The van der Waals surface area contributed by atoms with Gasteiger partial charge in [-0.1, -0.05) is 0 Å². The molecule has 104 valence electrons. The number of nitrogens with one attached hydrogen (secondary N) is 2. The predicted octanol–water partition coefficient (Wildman–Crippen LogP) is -1.71. The number of nitrogens with two attached hydrogens (primary N) is 1. The van der Waals surface area contributed by atoms with E-state index in [1.165, 1.54) is 27.7 Å². The van der Waals surface area contributed by atoms with Crippen LogP contribution in [0.5, 0.6) is 0 Å². The molecule has 5 N–H and O–H groups in total. The minimum Gasteiger partial charge on any atom is -0.383 e. The van der Waals surface area contributed by atoms with Crippen molar-refractivity contribution in [1.82, 2.24) is 10.6 Å². The van der Waals surface area contributed by atoms with Gasteiger partial charge in [-0.25, -0.2) is 0 Å². The largest absolute Gasteiger partial charge is 0.383 e. The zero-order valence-electron chi connectivity index (χ0n) is 11.1. The summed E-state index contributed by atoms with van der Waals surface area (Å²) in [6, 6.07) is -2.21. The third-order valence-electron chi connectivity index (χ3n) is 2.43. The normalized spacial score (nSPS) is 17.2. The summed E-state index contributed by atoms with van der Waals surface area (Å²) in [4.78, 5) is 33.8. The molecule has 7 nitrogen and oxygen atoms in total. The van der Waals surface area contributed by atoms with E-state index in [1.54, 1.807) is 0 Å². The summed E-state index contributed by atoms with van der Waals surface area (Å²) in [6.07, 6.45) is -1.26. The van der Waals surface area contributed by atoms with E-state index >= 15 is 0 Å². The van der Waals surface area contributed by atoms with Crippen LogP contribution >= 0.6 is 0 Å². The average Bonchev–Trinajstić information content (AvgIpc) is 2.26. The van der Waals surface area contributed by atoms with Gasteiger partial charge in [0, 0.05) is 0 Å². The highest BCUT2D eigenvalue weighted by Gasteiger charge is 2.24. The smallest absolute Gasteiger partial charge is 0.242 e. The highest BCUT2D eigenvalue weighted by atomic mass is 16.3. The fraction of sp³-hybridized carbons (Fsp3) is 0.727. The molecule has 0 saturated carbocycles. The lowest BCUT2D eigenvalue weighted by Crippen LogP contribution is -2.53. The predicted molar refractivity (Wildman–Crippen MR) is 65.5 cm³/mol. The van der Waals surface area contributed by atoms with Crippen molar-refractivity contribution in [3.8, 4) is 0 Å². The summed E-state index contributed by atoms with van der Waals surface area (Å²) in [5.74, 6) is -1.37. The highest BCUT2D eigenvalue weighted by molar-refractivity contribution is 5.90. The van der Waals surface area contributed by atoms with Crippen LogP contribution in [0.1, 0.15) is 27.7 Å². The van der Waals surface area contributed by atoms with E-state index in [0.29, 0.717) is 0 Å². The molecule has 4 unspecified atom stereocenters. The Kier molecular flexibility index (Phi) is 6.50. The molecule has 0 aliphatic carbocycles. The molecule has 2 amide bonds. The summed E-state index contributed by atoms with van der Waals surface area (Å²) >= 11 is 0. The first-order valence-corrected chi connectivity index (χ1v) is 5.71. The molecule has 0 radical (unpaired) electrons. The standard InChI is InChI=1S/C11H21N3O4/c1-5(12)10(17)14-7(3)11(18)13-6(2)9(16)8(4)15/h5-7,9,16H,12H2,1-4H3,(H,13,18)(H,14,17). The van der Waals surface area contributed by atoms with Gasteiger partial charge >= 0.3 is 0 Å². The number of ketones is 1. The molecule has 0 saturated heterocycles. The molecular weight excluding hydrogens is 238 g/mol. The van der Waals surface area contributed by atoms with Crippen LogP contribution in [0.2, 0.25) is 0 Å². The van der Waals surface area contributed by atoms with Gasteiger partial charge in [0.2, 0.25) is 11.8 Å². The molecule has 4 atom stereocenters. The first-order chi connectivity index (χ1) is 8.16. The first-order valence-electron chi connectivity index (χ1n) is 5.71. The first kappa shape index (κ1) is 16.5. The van der Waals surface area contributed by atoms with E-state index in [9.17, 15) is 19.5 Å². The lowest BCUT2D eigenvalue weighted by Gasteiger charge is -2.21. The number of Topliss-reactive ketones (excluding diaryl/α,β-unsaturated/α-hetero) is 1. The van der Waals surface area contributed by atoms with Crippen molar-refractivity contribution in [2.75, 3.05) is 0 Å². The van der Waals surface area contributed by atoms with Crippen LogP contribution in [0.25, 0.3) is 0 Å². The molecule has 0 bridgehead atoms. The number of amides is 2. The van der Waals surface area contributed by atoms with Crippen molar-refractivity contribution < 1.29 is 19.5 Å². The van der Waals surface area contributed by atoms with Gasteiger partial charge in [0.25, 0.3) is 0 Å². The van der Waals surface area contributed by atoms with Gasteiger partial charge in [0.15, 0.2) is 5.78 Å². The number of hydrogen-bond donors (Lipinski definition) is 4. The Morgan fingerprint density at radius 2 is 1.56 bits per heavy atom. The molecule has 0 aliphatic rings. The van der Waals surface area contributed by atoms with Crippen molar-refractivity contribution >= 4 is 17.6 Å². The number of carbonyl (C=O) groups excluding carboxylic acids is 3. The molecule has 0 aromatic rings. The van der Waals surface area contributed by atoms with Gasteiger partial charge in [-0.15, -0.1) is 0 Å². The second-order valence-corrected chi connectivity index (χ2v) is 4.37. The number of aliphatic hydroxyl groups is 1. The maximum absolute atomic E-state index is 11.6. The van der Waals surface area contributed by atoms with E-state index in [4.69, 9.17) is 5.73 Å². The van der Waals surface area contributed by atoms with Gasteiger partial charge in [0.1, 0.15) is 12.1 Å². The minimum atomic E-state index is -1.26.